The minimum atomic E-state index is -4.75. The number of amides is 2. The van der Waals surface area contributed by atoms with Crippen LogP contribution in [0.3, 0.4) is 0 Å². The van der Waals surface area contributed by atoms with Gasteiger partial charge < -0.3 is 15.0 Å². The summed E-state index contributed by atoms with van der Waals surface area (Å²) in [5, 5.41) is 2.70. The van der Waals surface area contributed by atoms with Gasteiger partial charge in [0.2, 0.25) is 11.8 Å². The molecule has 0 aromatic heterocycles. The second kappa shape index (κ2) is 13.7. The summed E-state index contributed by atoms with van der Waals surface area (Å²) in [6.45, 7) is 4.56. The first-order chi connectivity index (χ1) is 19.8. The lowest BCUT2D eigenvalue weighted by Crippen LogP contribution is -2.52. The van der Waals surface area contributed by atoms with Crippen molar-refractivity contribution >= 4 is 27.5 Å². The molecule has 12 heteroatoms. The number of ether oxygens (including phenoxy) is 1. The van der Waals surface area contributed by atoms with Gasteiger partial charge in [-0.3, -0.25) is 13.9 Å². The van der Waals surface area contributed by atoms with Gasteiger partial charge in [-0.25, -0.2) is 8.42 Å². The van der Waals surface area contributed by atoms with Crippen LogP contribution in [0.5, 0.6) is 5.75 Å². The standard InChI is InChI=1S/C30H34F3N3O5S/c1-5-27(29(38)34-6-2)35(19-22-9-7-12-25(17-22)41-4)28(37)20-36(24-11-8-10-23(18-24)30(31,32)33)42(39,40)26-15-13-21(3)14-16-26/h7-18,27H,5-6,19-20H2,1-4H3,(H,34,38)/t27-/m1/s1. The van der Waals surface area contributed by atoms with E-state index in [-0.39, 0.29) is 23.5 Å². The first kappa shape index (κ1) is 32.5. The van der Waals surface area contributed by atoms with Gasteiger partial charge in [0.25, 0.3) is 10.0 Å². The quantitative estimate of drug-likeness (QED) is 0.308. The highest BCUT2D eigenvalue weighted by atomic mass is 32.2. The molecule has 3 aromatic carbocycles. The van der Waals surface area contributed by atoms with E-state index in [4.69, 9.17) is 4.74 Å². The number of hydrogen-bond acceptors (Lipinski definition) is 5. The molecule has 3 rings (SSSR count). The van der Waals surface area contributed by atoms with Crippen molar-refractivity contribution in [2.45, 2.75) is 50.9 Å². The Kier molecular flexibility index (Phi) is 10.6. The van der Waals surface area contributed by atoms with E-state index in [0.717, 1.165) is 17.7 Å². The topological polar surface area (TPSA) is 96.0 Å². The number of anilines is 1. The number of alkyl halides is 3. The van der Waals surface area contributed by atoms with Crippen molar-refractivity contribution in [3.63, 3.8) is 0 Å². The highest BCUT2D eigenvalue weighted by Crippen LogP contribution is 2.33. The van der Waals surface area contributed by atoms with Gasteiger partial charge in [0.15, 0.2) is 0 Å². The van der Waals surface area contributed by atoms with Gasteiger partial charge in [-0.15, -0.1) is 0 Å². The first-order valence-corrected chi connectivity index (χ1v) is 14.7. The number of carbonyl (C=O) groups excluding carboxylic acids is 2. The molecule has 2 amide bonds. The molecule has 0 spiro atoms. The third-order valence-electron chi connectivity index (χ3n) is 6.57. The van der Waals surface area contributed by atoms with Crippen molar-refractivity contribution in [1.29, 1.82) is 0 Å². The van der Waals surface area contributed by atoms with Crippen molar-refractivity contribution in [2.75, 3.05) is 24.5 Å². The molecule has 0 radical (unpaired) electrons. The molecule has 0 heterocycles. The fraction of sp³-hybridized carbons (Fsp3) is 0.333. The van der Waals surface area contributed by atoms with Crippen LogP contribution in [0, 0.1) is 6.92 Å². The number of carbonyl (C=O) groups is 2. The summed E-state index contributed by atoms with van der Waals surface area (Å²) >= 11 is 0. The molecule has 0 aliphatic heterocycles. The summed E-state index contributed by atoms with van der Waals surface area (Å²) < 4.78 is 74.5. The molecule has 8 nitrogen and oxygen atoms in total. The molecule has 0 bridgehead atoms. The highest BCUT2D eigenvalue weighted by molar-refractivity contribution is 7.92. The fourth-order valence-corrected chi connectivity index (χ4v) is 5.79. The fourth-order valence-electron chi connectivity index (χ4n) is 4.38. The van der Waals surface area contributed by atoms with Crippen molar-refractivity contribution in [2.24, 2.45) is 0 Å². The molecule has 3 aromatic rings. The molecule has 1 atom stereocenters. The second-order valence-electron chi connectivity index (χ2n) is 9.56. The van der Waals surface area contributed by atoms with Gasteiger partial charge in [-0.2, -0.15) is 13.2 Å². The van der Waals surface area contributed by atoms with Crippen LogP contribution < -0.4 is 14.4 Å². The van der Waals surface area contributed by atoms with Crippen molar-refractivity contribution in [3.8, 4) is 5.75 Å². The first-order valence-electron chi connectivity index (χ1n) is 13.3. The Hall–Kier alpha value is -4.06. The molecule has 0 aliphatic rings. The molecule has 0 unspecified atom stereocenters. The van der Waals surface area contributed by atoms with Gasteiger partial charge in [-0.05, 0) is 68.3 Å². The van der Waals surface area contributed by atoms with Crippen LogP contribution in [-0.2, 0) is 32.3 Å². The zero-order valence-electron chi connectivity index (χ0n) is 23.8. The minimum Gasteiger partial charge on any atom is -0.497 e. The lowest BCUT2D eigenvalue weighted by molar-refractivity contribution is -0.140. The molecule has 0 fully saturated rings. The molecular weight excluding hydrogens is 571 g/mol. The van der Waals surface area contributed by atoms with E-state index in [1.807, 2.05) is 0 Å². The van der Waals surface area contributed by atoms with E-state index in [9.17, 15) is 31.2 Å². The summed E-state index contributed by atoms with van der Waals surface area (Å²) in [5.41, 5.74) is -0.0324. The SMILES string of the molecule is CCNC(=O)[C@@H](CC)N(Cc1cccc(OC)c1)C(=O)CN(c1cccc(C(F)(F)F)c1)S(=O)(=O)c1ccc(C)cc1. The highest BCUT2D eigenvalue weighted by Gasteiger charge is 2.36. The zero-order chi connectivity index (χ0) is 31.1. The number of nitrogens with one attached hydrogen (secondary N) is 1. The van der Waals surface area contributed by atoms with E-state index in [1.165, 1.54) is 30.2 Å². The second-order valence-corrected chi connectivity index (χ2v) is 11.4. The number of sulfonamides is 1. The van der Waals surface area contributed by atoms with Crippen LogP contribution in [0.1, 0.15) is 37.0 Å². The monoisotopic (exact) mass is 605 g/mol. The number of hydrogen-bond donors (Lipinski definition) is 1. The van der Waals surface area contributed by atoms with Gasteiger partial charge in [-0.1, -0.05) is 42.8 Å². The molecule has 0 aliphatic carbocycles. The van der Waals surface area contributed by atoms with Crippen LogP contribution >= 0.6 is 0 Å². The number of aryl methyl sites for hydroxylation is 1. The number of nitrogens with zero attached hydrogens (tertiary/aromatic N) is 2. The van der Waals surface area contributed by atoms with Gasteiger partial charge >= 0.3 is 6.18 Å². The third kappa shape index (κ3) is 7.81. The summed E-state index contributed by atoms with van der Waals surface area (Å²) in [6, 6.07) is 15.4. The van der Waals surface area contributed by atoms with Gasteiger partial charge in [0.05, 0.1) is 23.3 Å². The number of methoxy groups -OCH3 is 1. The Balaban J connectivity index is 2.13. The van der Waals surface area contributed by atoms with Crippen molar-refractivity contribution in [3.05, 3.63) is 89.5 Å². The van der Waals surface area contributed by atoms with E-state index >= 15 is 0 Å². The predicted octanol–water partition coefficient (Wildman–Crippen LogP) is 5.16. The maximum Gasteiger partial charge on any atom is 0.416 e. The van der Waals surface area contributed by atoms with Crippen molar-refractivity contribution in [1.82, 2.24) is 10.2 Å². The smallest absolute Gasteiger partial charge is 0.416 e. The Morgan fingerprint density at radius 2 is 1.64 bits per heavy atom. The molecule has 42 heavy (non-hydrogen) atoms. The van der Waals surface area contributed by atoms with Gasteiger partial charge in [0.1, 0.15) is 18.3 Å². The van der Waals surface area contributed by atoms with E-state index in [1.54, 1.807) is 57.2 Å². The predicted molar refractivity (Wildman–Crippen MR) is 153 cm³/mol. The Labute approximate surface area is 244 Å². The van der Waals surface area contributed by atoms with E-state index < -0.39 is 46.2 Å². The lowest BCUT2D eigenvalue weighted by atomic mass is 10.1. The maximum atomic E-state index is 14.0. The molecule has 1 N–H and O–H groups in total. The number of likely N-dealkylation sites (N-methyl/N-ethyl adjacent to an activating group) is 1. The van der Waals surface area contributed by atoms with Gasteiger partial charge in [0, 0.05) is 13.1 Å². The Morgan fingerprint density at radius 1 is 0.976 bits per heavy atom. The third-order valence-corrected chi connectivity index (χ3v) is 8.36. The zero-order valence-corrected chi connectivity index (χ0v) is 24.6. The molecular formula is C30H34F3N3O5S. The van der Waals surface area contributed by atoms with Crippen LogP contribution in [0.15, 0.2) is 77.7 Å². The van der Waals surface area contributed by atoms with Crippen LogP contribution in [0.25, 0.3) is 0 Å². The van der Waals surface area contributed by atoms with E-state index in [0.29, 0.717) is 28.2 Å². The lowest BCUT2D eigenvalue weighted by Gasteiger charge is -2.33. The molecule has 0 saturated carbocycles. The molecule has 226 valence electrons. The minimum absolute atomic E-state index is 0.0767. The largest absolute Gasteiger partial charge is 0.497 e. The summed E-state index contributed by atoms with van der Waals surface area (Å²) in [4.78, 5) is 28.0. The maximum absolute atomic E-state index is 14.0. The number of halogens is 3. The Morgan fingerprint density at radius 3 is 2.24 bits per heavy atom. The van der Waals surface area contributed by atoms with Crippen LogP contribution in [0.4, 0.5) is 18.9 Å². The average Bonchev–Trinajstić information content (AvgIpc) is 2.95. The summed E-state index contributed by atoms with van der Waals surface area (Å²) in [7, 11) is -3.03. The number of rotatable bonds is 12. The molecule has 0 saturated heterocycles. The van der Waals surface area contributed by atoms with E-state index in [2.05, 4.69) is 5.32 Å². The average molecular weight is 606 g/mol. The Bertz CT molecular complexity index is 1490. The van der Waals surface area contributed by atoms with Crippen LogP contribution in [0.2, 0.25) is 0 Å². The van der Waals surface area contributed by atoms with Crippen molar-refractivity contribution < 1.29 is 35.9 Å². The summed E-state index contributed by atoms with van der Waals surface area (Å²) in [5.74, 6) is -0.703. The normalized spacial score (nSPS) is 12.4. The summed E-state index contributed by atoms with van der Waals surface area (Å²) in [6.07, 6.45) is -4.54. The van der Waals surface area contributed by atoms with Crippen LogP contribution in [-0.4, -0.2) is 51.4 Å². The number of benzene rings is 3.